The second-order valence-corrected chi connectivity index (χ2v) is 10.9. The van der Waals surface area contributed by atoms with Gasteiger partial charge in [0.15, 0.2) is 0 Å². The molecule has 3 fully saturated rings. The standard InChI is InChI=1S/C12H10N.2C9H13.C4H8O.Yb/c1-3-7-11(8-4-1)13-12-9-5-2-6-10-12;2*1-9(2,3)8-6-4-5-7-8;1-2-4-5-3-1;/h1-10H;2*4-7H,1-3H3;1-4H2;/q-1;;;;+3. The van der Waals surface area contributed by atoms with Crippen molar-refractivity contribution in [1.82, 2.24) is 0 Å². The molecule has 0 spiro atoms. The van der Waals surface area contributed by atoms with Crippen molar-refractivity contribution in [3.8, 4) is 0 Å². The topological polar surface area (TPSA) is 23.3 Å². The zero-order chi connectivity index (χ0) is 26.3. The van der Waals surface area contributed by atoms with Crippen LogP contribution in [0.2, 0.25) is 0 Å². The number of hydrogen-bond donors (Lipinski definition) is 0. The second-order valence-electron chi connectivity index (χ2n) is 10.9. The molecule has 2 aromatic carbocycles. The number of para-hydroxylation sites is 2. The summed E-state index contributed by atoms with van der Waals surface area (Å²) < 4.78 is 4.94. The first-order chi connectivity index (χ1) is 17.2. The summed E-state index contributed by atoms with van der Waals surface area (Å²) >= 11 is 0. The van der Waals surface area contributed by atoms with Crippen LogP contribution in [-0.2, 0) is 4.74 Å². The zero-order valence-corrected chi connectivity index (χ0v) is 25.1. The first-order valence-corrected chi connectivity index (χ1v) is 13.0. The van der Waals surface area contributed by atoms with Crippen molar-refractivity contribution in [1.29, 1.82) is 0 Å². The van der Waals surface area contributed by atoms with Gasteiger partial charge >= 0.3 is 46.9 Å². The Balaban J connectivity index is 0.000000256. The van der Waals surface area contributed by atoms with Crippen LogP contribution in [-0.4, -0.2) is 13.2 Å². The zero-order valence-electron chi connectivity index (χ0n) is 23.3. The van der Waals surface area contributed by atoms with Crippen molar-refractivity contribution in [3.05, 3.63) is 129 Å². The van der Waals surface area contributed by atoms with Gasteiger partial charge in [0.25, 0.3) is 0 Å². The van der Waals surface area contributed by atoms with E-state index in [1.165, 1.54) is 24.7 Å². The fourth-order valence-corrected chi connectivity index (χ4v) is 3.41. The molecule has 2 saturated carbocycles. The summed E-state index contributed by atoms with van der Waals surface area (Å²) in [4.78, 5) is 0. The summed E-state index contributed by atoms with van der Waals surface area (Å²) in [5, 5.41) is 4.44. The summed E-state index contributed by atoms with van der Waals surface area (Å²) in [6.07, 6.45) is 19.6. The molecule has 2 nitrogen and oxygen atoms in total. The summed E-state index contributed by atoms with van der Waals surface area (Å²) in [5.74, 6) is 2.84. The molecule has 2 aromatic rings. The second kappa shape index (κ2) is 18.9. The van der Waals surface area contributed by atoms with E-state index in [1.807, 2.05) is 60.7 Å². The smallest absolute Gasteiger partial charge is 0.658 e. The fraction of sp³-hybridized carbons (Fsp3) is 0.353. The molecular weight excluding hydrogens is 611 g/mol. The molecule has 0 bridgehead atoms. The number of rotatable bonds is 2. The van der Waals surface area contributed by atoms with E-state index in [-0.39, 0.29) is 46.9 Å². The maximum Gasteiger partial charge on any atom is 3.00 e. The van der Waals surface area contributed by atoms with Crippen molar-refractivity contribution < 1.29 is 51.7 Å². The monoisotopic (exact) mass is 656 g/mol. The van der Waals surface area contributed by atoms with Gasteiger partial charge in [0.2, 0.25) is 0 Å². The molecule has 0 unspecified atom stereocenters. The van der Waals surface area contributed by atoms with E-state index in [2.05, 4.69) is 98.2 Å². The molecule has 1 aliphatic heterocycles. The van der Waals surface area contributed by atoms with Gasteiger partial charge in [-0.1, -0.05) is 102 Å². The molecule has 3 aliphatic rings. The molecule has 0 aromatic heterocycles. The summed E-state index contributed by atoms with van der Waals surface area (Å²) in [6.45, 7) is 15.3. The van der Waals surface area contributed by atoms with Gasteiger partial charge in [-0.05, 0) is 86.9 Å². The average Bonchev–Trinajstić information content (AvgIpc) is 3.65. The Bertz CT molecular complexity index is 707. The maximum atomic E-state index is 4.94. The maximum absolute atomic E-state index is 4.94. The van der Waals surface area contributed by atoms with Gasteiger partial charge in [-0.15, -0.1) is 11.4 Å². The van der Waals surface area contributed by atoms with Crippen LogP contribution in [0.5, 0.6) is 0 Å². The molecule has 3 heteroatoms. The molecule has 203 valence electrons. The summed E-state index contributed by atoms with van der Waals surface area (Å²) in [5.41, 5.74) is 2.63. The first-order valence-electron chi connectivity index (χ1n) is 13.0. The third kappa shape index (κ3) is 15.8. The quantitative estimate of drug-likeness (QED) is 0.316. The largest absolute Gasteiger partial charge is 3.00 e. The van der Waals surface area contributed by atoms with Gasteiger partial charge in [-0.2, -0.15) is 0 Å². The Morgan fingerprint density at radius 1 is 0.541 bits per heavy atom. The van der Waals surface area contributed by atoms with Crippen LogP contribution in [0.4, 0.5) is 11.4 Å². The fourth-order valence-electron chi connectivity index (χ4n) is 3.41. The van der Waals surface area contributed by atoms with Crippen LogP contribution in [0, 0.1) is 121 Å². The number of benzene rings is 2. The van der Waals surface area contributed by atoms with Crippen LogP contribution in [0.15, 0.2) is 60.7 Å². The molecule has 0 amide bonds. The van der Waals surface area contributed by atoms with E-state index in [0.717, 1.165) is 24.6 Å². The SMILES string of the molecule is C1CCOC1.CC(C)(C)[C]1[CH][CH][CH][CH]1.CC(C)(C)[C]1[CH][CH][CH][CH]1.[Yb+3].c1ccc([N-]c2ccccc2)cc1. The third-order valence-corrected chi connectivity index (χ3v) is 5.66. The van der Waals surface area contributed by atoms with Gasteiger partial charge in [-0.25, -0.2) is 0 Å². The van der Waals surface area contributed by atoms with Crippen LogP contribution in [0.25, 0.3) is 5.32 Å². The van der Waals surface area contributed by atoms with E-state index in [4.69, 9.17) is 4.74 Å². The molecule has 37 heavy (non-hydrogen) atoms. The van der Waals surface area contributed by atoms with Crippen LogP contribution >= 0.6 is 0 Å². The third-order valence-electron chi connectivity index (χ3n) is 5.66. The van der Waals surface area contributed by atoms with Crippen LogP contribution in [0.3, 0.4) is 0 Å². The Morgan fingerprint density at radius 3 is 1.08 bits per heavy atom. The minimum absolute atomic E-state index is 0. The van der Waals surface area contributed by atoms with E-state index in [9.17, 15) is 0 Å². The van der Waals surface area contributed by atoms with Gasteiger partial charge in [0.05, 0.1) is 0 Å². The van der Waals surface area contributed by atoms with Crippen molar-refractivity contribution in [3.63, 3.8) is 0 Å². The molecule has 1 heterocycles. The minimum atomic E-state index is 0. The minimum Gasteiger partial charge on any atom is -0.658 e. The van der Waals surface area contributed by atoms with Gasteiger partial charge in [0, 0.05) is 13.2 Å². The molecule has 11 radical (unpaired) electrons. The van der Waals surface area contributed by atoms with Crippen molar-refractivity contribution in [2.24, 2.45) is 10.8 Å². The number of ether oxygens (including phenoxy) is 1. The van der Waals surface area contributed by atoms with Crippen LogP contribution < -0.4 is 0 Å². The molecular formula is C34H44NOYb+2. The molecule has 2 aliphatic carbocycles. The van der Waals surface area contributed by atoms with Crippen molar-refractivity contribution >= 4 is 11.4 Å². The predicted octanol–water partition coefficient (Wildman–Crippen LogP) is 9.70. The Hall–Kier alpha value is -0.281. The summed E-state index contributed by atoms with van der Waals surface area (Å²) in [7, 11) is 0. The number of hydrogen-bond acceptors (Lipinski definition) is 1. The first kappa shape index (κ1) is 34.7. The molecule has 0 atom stereocenters. The normalized spacial score (nSPS) is 17.8. The van der Waals surface area contributed by atoms with E-state index < -0.39 is 0 Å². The molecule has 0 N–H and O–H groups in total. The Labute approximate surface area is 268 Å². The van der Waals surface area contributed by atoms with Crippen molar-refractivity contribution in [2.75, 3.05) is 13.2 Å². The molecule has 1 saturated heterocycles. The van der Waals surface area contributed by atoms with E-state index in [0.29, 0.717) is 10.8 Å². The Morgan fingerprint density at radius 2 is 0.865 bits per heavy atom. The Kier molecular flexibility index (Phi) is 17.8. The van der Waals surface area contributed by atoms with Gasteiger partial charge in [0.1, 0.15) is 0 Å². The summed E-state index contributed by atoms with van der Waals surface area (Å²) in [6, 6.07) is 19.9. The van der Waals surface area contributed by atoms with Gasteiger partial charge in [-0.3, -0.25) is 0 Å². The van der Waals surface area contributed by atoms with Crippen molar-refractivity contribution in [2.45, 2.75) is 54.4 Å². The van der Waals surface area contributed by atoms with E-state index >= 15 is 0 Å². The van der Waals surface area contributed by atoms with E-state index in [1.54, 1.807) is 0 Å². The average molecular weight is 656 g/mol. The number of nitrogens with zero attached hydrogens (tertiary/aromatic N) is 1. The van der Waals surface area contributed by atoms with Crippen LogP contribution in [0.1, 0.15) is 54.4 Å². The predicted molar refractivity (Wildman–Crippen MR) is 155 cm³/mol. The van der Waals surface area contributed by atoms with Gasteiger partial charge < -0.3 is 10.1 Å². The molecule has 5 rings (SSSR count).